The van der Waals surface area contributed by atoms with Crippen molar-refractivity contribution < 1.29 is 14.3 Å². The van der Waals surface area contributed by atoms with E-state index in [9.17, 15) is 4.79 Å². The van der Waals surface area contributed by atoms with Crippen LogP contribution in [0.15, 0.2) is 66.9 Å². The molecule has 1 aliphatic rings. The fourth-order valence-corrected chi connectivity index (χ4v) is 3.34. The van der Waals surface area contributed by atoms with E-state index in [4.69, 9.17) is 9.47 Å². The Morgan fingerprint density at radius 1 is 1.17 bits per heavy atom. The number of methoxy groups -OCH3 is 1. The van der Waals surface area contributed by atoms with Gasteiger partial charge >= 0.3 is 6.09 Å². The largest absolute Gasteiger partial charge is 0.497 e. The number of rotatable bonds is 6. The molecule has 1 unspecified atom stereocenters. The van der Waals surface area contributed by atoms with E-state index in [0.717, 1.165) is 16.9 Å². The number of ether oxygens (including phenoxy) is 2. The number of anilines is 2. The zero-order valence-corrected chi connectivity index (χ0v) is 16.3. The zero-order chi connectivity index (χ0) is 20.2. The van der Waals surface area contributed by atoms with Gasteiger partial charge in [-0.3, -0.25) is 4.90 Å². The third-order valence-corrected chi connectivity index (χ3v) is 4.88. The molecule has 3 aromatic rings. The highest BCUT2D eigenvalue weighted by molar-refractivity contribution is 5.89. The second kappa shape index (κ2) is 8.18. The van der Waals surface area contributed by atoms with E-state index < -0.39 is 6.09 Å². The van der Waals surface area contributed by atoms with Gasteiger partial charge < -0.3 is 14.8 Å². The molecule has 1 N–H and O–H groups in total. The summed E-state index contributed by atoms with van der Waals surface area (Å²) >= 11 is 0. The summed E-state index contributed by atoms with van der Waals surface area (Å²) in [6.45, 7) is 2.30. The lowest BCUT2D eigenvalue weighted by molar-refractivity contribution is 0.179. The van der Waals surface area contributed by atoms with Crippen LogP contribution in [-0.4, -0.2) is 29.8 Å². The average molecular weight is 390 g/mol. The number of cyclic esters (lactones) is 1. The SMILES string of the molecule is COc1cccc([C@H](C)Nc2nccc(N3C(=O)OCC3c3ccccc3)n2)c1. The number of amides is 1. The quantitative estimate of drug-likeness (QED) is 0.674. The lowest BCUT2D eigenvalue weighted by Gasteiger charge is -2.21. The van der Waals surface area contributed by atoms with Gasteiger partial charge in [0, 0.05) is 6.20 Å². The molecule has 1 fully saturated rings. The van der Waals surface area contributed by atoms with E-state index in [1.807, 2.05) is 61.5 Å². The van der Waals surface area contributed by atoms with E-state index in [1.54, 1.807) is 24.3 Å². The molecule has 0 aliphatic carbocycles. The van der Waals surface area contributed by atoms with Crippen molar-refractivity contribution in [3.63, 3.8) is 0 Å². The van der Waals surface area contributed by atoms with E-state index >= 15 is 0 Å². The monoisotopic (exact) mass is 390 g/mol. The molecule has 7 heteroatoms. The van der Waals surface area contributed by atoms with Gasteiger partial charge in [-0.05, 0) is 36.2 Å². The first-order chi connectivity index (χ1) is 14.2. The number of aromatic nitrogens is 2. The molecule has 148 valence electrons. The Bertz CT molecular complexity index is 996. The number of carbonyl (C=O) groups excluding carboxylic acids is 1. The highest BCUT2D eigenvalue weighted by Gasteiger charge is 2.36. The summed E-state index contributed by atoms with van der Waals surface area (Å²) in [6.07, 6.45) is 1.22. The van der Waals surface area contributed by atoms with Crippen molar-refractivity contribution >= 4 is 17.9 Å². The Hall–Kier alpha value is -3.61. The minimum atomic E-state index is -0.413. The second-order valence-corrected chi connectivity index (χ2v) is 6.75. The summed E-state index contributed by atoms with van der Waals surface area (Å²) in [5.41, 5.74) is 2.04. The number of hydrogen-bond donors (Lipinski definition) is 1. The van der Waals surface area contributed by atoms with Crippen LogP contribution in [0, 0.1) is 0 Å². The molecule has 29 heavy (non-hydrogen) atoms. The van der Waals surface area contributed by atoms with Crippen LogP contribution in [0.4, 0.5) is 16.6 Å². The van der Waals surface area contributed by atoms with Crippen molar-refractivity contribution in [2.75, 3.05) is 23.9 Å². The van der Waals surface area contributed by atoms with Gasteiger partial charge in [0.1, 0.15) is 24.2 Å². The number of nitrogens with zero attached hydrogens (tertiary/aromatic N) is 3. The summed E-state index contributed by atoms with van der Waals surface area (Å²) in [5.74, 6) is 1.72. The minimum absolute atomic E-state index is 0.0456. The molecule has 0 bridgehead atoms. The maximum atomic E-state index is 12.4. The van der Waals surface area contributed by atoms with Crippen LogP contribution >= 0.6 is 0 Å². The Morgan fingerprint density at radius 2 is 2.00 bits per heavy atom. The molecule has 4 rings (SSSR count). The Morgan fingerprint density at radius 3 is 2.79 bits per heavy atom. The van der Waals surface area contributed by atoms with Crippen molar-refractivity contribution in [2.45, 2.75) is 19.0 Å². The summed E-state index contributed by atoms with van der Waals surface area (Å²) in [7, 11) is 1.64. The lowest BCUT2D eigenvalue weighted by Crippen LogP contribution is -2.28. The molecular weight excluding hydrogens is 368 g/mol. The smallest absolute Gasteiger partial charge is 0.416 e. The van der Waals surface area contributed by atoms with Crippen LogP contribution in [0.5, 0.6) is 5.75 Å². The topological polar surface area (TPSA) is 76.6 Å². The van der Waals surface area contributed by atoms with Gasteiger partial charge in [-0.15, -0.1) is 0 Å². The van der Waals surface area contributed by atoms with Crippen molar-refractivity contribution in [1.82, 2.24) is 9.97 Å². The molecule has 1 saturated heterocycles. The third-order valence-electron chi connectivity index (χ3n) is 4.88. The van der Waals surface area contributed by atoms with Crippen LogP contribution in [0.3, 0.4) is 0 Å². The number of nitrogens with one attached hydrogen (secondary N) is 1. The Labute approximate surface area is 169 Å². The molecule has 2 aromatic carbocycles. The molecule has 2 atom stereocenters. The maximum Gasteiger partial charge on any atom is 0.416 e. The maximum absolute atomic E-state index is 12.4. The molecule has 2 heterocycles. The summed E-state index contributed by atoms with van der Waals surface area (Å²) in [6, 6.07) is 19.0. The van der Waals surface area contributed by atoms with Gasteiger partial charge in [0.15, 0.2) is 0 Å². The molecule has 1 aliphatic heterocycles. The Kier molecular flexibility index (Phi) is 5.29. The molecule has 0 spiro atoms. The van der Waals surface area contributed by atoms with Gasteiger partial charge in [-0.25, -0.2) is 9.78 Å². The van der Waals surface area contributed by atoms with E-state index in [1.165, 1.54) is 0 Å². The van der Waals surface area contributed by atoms with Gasteiger partial charge in [0.2, 0.25) is 5.95 Å². The highest BCUT2D eigenvalue weighted by Crippen LogP contribution is 2.32. The van der Waals surface area contributed by atoms with Crippen LogP contribution < -0.4 is 15.0 Å². The van der Waals surface area contributed by atoms with Crippen molar-refractivity contribution in [3.8, 4) is 5.75 Å². The minimum Gasteiger partial charge on any atom is -0.497 e. The first-order valence-electron chi connectivity index (χ1n) is 9.40. The van der Waals surface area contributed by atoms with Crippen LogP contribution in [-0.2, 0) is 4.74 Å². The predicted octanol–water partition coefficient (Wildman–Crippen LogP) is 4.36. The predicted molar refractivity (Wildman–Crippen MR) is 110 cm³/mol. The van der Waals surface area contributed by atoms with Crippen LogP contribution in [0.2, 0.25) is 0 Å². The van der Waals surface area contributed by atoms with E-state index in [-0.39, 0.29) is 18.7 Å². The summed E-state index contributed by atoms with van der Waals surface area (Å²) in [5, 5.41) is 3.29. The highest BCUT2D eigenvalue weighted by atomic mass is 16.6. The molecule has 1 amide bonds. The molecule has 0 saturated carbocycles. The molecule has 7 nitrogen and oxygen atoms in total. The summed E-state index contributed by atoms with van der Waals surface area (Å²) < 4.78 is 10.6. The lowest BCUT2D eigenvalue weighted by atomic mass is 10.1. The number of carbonyl (C=O) groups is 1. The summed E-state index contributed by atoms with van der Waals surface area (Å²) in [4.78, 5) is 22.8. The van der Waals surface area contributed by atoms with E-state index in [2.05, 4.69) is 15.3 Å². The normalized spacial score (nSPS) is 17.0. The first kappa shape index (κ1) is 18.7. The number of hydrogen-bond acceptors (Lipinski definition) is 6. The number of benzene rings is 2. The van der Waals surface area contributed by atoms with Crippen molar-refractivity contribution in [1.29, 1.82) is 0 Å². The van der Waals surface area contributed by atoms with Crippen molar-refractivity contribution in [2.24, 2.45) is 0 Å². The fourth-order valence-electron chi connectivity index (χ4n) is 3.34. The van der Waals surface area contributed by atoms with Gasteiger partial charge in [0.05, 0.1) is 13.2 Å². The first-order valence-corrected chi connectivity index (χ1v) is 9.40. The Balaban J connectivity index is 1.57. The van der Waals surface area contributed by atoms with Gasteiger partial charge in [0.25, 0.3) is 0 Å². The standard InChI is InChI=1S/C22H22N4O3/c1-15(17-9-6-10-18(13-17)28-2)24-21-23-12-11-20(25-21)26-19(14-29-22(26)27)16-7-4-3-5-8-16/h3-13,15,19H,14H2,1-2H3,(H,23,24,25)/t15-,19?/m0/s1. The molecule has 1 aromatic heterocycles. The third kappa shape index (κ3) is 3.99. The van der Waals surface area contributed by atoms with Gasteiger partial charge in [-0.2, -0.15) is 4.98 Å². The zero-order valence-electron chi connectivity index (χ0n) is 16.3. The second-order valence-electron chi connectivity index (χ2n) is 6.75. The van der Waals surface area contributed by atoms with Crippen LogP contribution in [0.25, 0.3) is 0 Å². The average Bonchev–Trinajstić information content (AvgIpc) is 3.16. The molecular formula is C22H22N4O3. The molecule has 0 radical (unpaired) electrons. The fraction of sp³-hybridized carbons (Fsp3) is 0.227. The van der Waals surface area contributed by atoms with Gasteiger partial charge in [-0.1, -0.05) is 42.5 Å². The van der Waals surface area contributed by atoms with Crippen LogP contribution in [0.1, 0.15) is 30.1 Å². The van der Waals surface area contributed by atoms with Crippen molar-refractivity contribution in [3.05, 3.63) is 78.0 Å². The van der Waals surface area contributed by atoms with E-state index in [0.29, 0.717) is 11.8 Å².